The molecule has 3 aromatic rings. The summed E-state index contributed by atoms with van der Waals surface area (Å²) < 4.78 is 0. The largest absolute Gasteiger partial charge is 0.242 e. The van der Waals surface area contributed by atoms with E-state index in [1.165, 1.54) is 58.3 Å². The van der Waals surface area contributed by atoms with E-state index in [9.17, 15) is 0 Å². The molecule has 0 saturated carbocycles. The van der Waals surface area contributed by atoms with Gasteiger partial charge in [0.1, 0.15) is 4.83 Å². The van der Waals surface area contributed by atoms with Crippen LogP contribution in [0.4, 0.5) is 0 Å². The molecule has 1 unspecified atom stereocenters. The minimum absolute atomic E-state index is 0.745. The summed E-state index contributed by atoms with van der Waals surface area (Å²) in [5.41, 5.74) is 7.18. The molecule has 0 bridgehead atoms. The van der Waals surface area contributed by atoms with Gasteiger partial charge in [-0.15, -0.1) is 11.3 Å². The topological polar surface area (TPSA) is 12.9 Å². The Hall–Kier alpha value is -1.38. The maximum atomic E-state index is 6.15. The lowest BCUT2D eigenvalue weighted by Crippen LogP contribution is -2.14. The van der Waals surface area contributed by atoms with Crippen molar-refractivity contribution in [3.63, 3.8) is 0 Å². The van der Waals surface area contributed by atoms with Gasteiger partial charge >= 0.3 is 0 Å². The van der Waals surface area contributed by atoms with Crippen LogP contribution in [-0.4, -0.2) is 4.98 Å². The molecule has 0 radical (unpaired) electrons. The van der Waals surface area contributed by atoms with Crippen molar-refractivity contribution in [3.8, 4) is 11.1 Å². The van der Waals surface area contributed by atoms with Gasteiger partial charge in [-0.3, -0.25) is 0 Å². The Bertz CT molecular complexity index is 939. The summed E-state index contributed by atoms with van der Waals surface area (Å²) in [6, 6.07) is 8.42. The maximum Gasteiger partial charge on any atom is 0.124 e. The van der Waals surface area contributed by atoms with Gasteiger partial charge in [-0.1, -0.05) is 30.7 Å². The van der Waals surface area contributed by atoms with E-state index in [2.05, 4.69) is 19.1 Å². The maximum absolute atomic E-state index is 6.15. The highest BCUT2D eigenvalue weighted by molar-refractivity contribution is 7.19. The number of rotatable bonds is 1. The van der Waals surface area contributed by atoms with Crippen molar-refractivity contribution in [2.24, 2.45) is 5.92 Å². The molecule has 1 aromatic carbocycles. The van der Waals surface area contributed by atoms with Crippen LogP contribution in [0, 0.1) is 5.92 Å². The van der Waals surface area contributed by atoms with Crippen LogP contribution < -0.4 is 0 Å². The summed E-state index contributed by atoms with van der Waals surface area (Å²) >= 11 is 8.08. The molecular weight excluding hydrogens is 334 g/mol. The summed E-state index contributed by atoms with van der Waals surface area (Å²) in [6.07, 6.45) is 7.28. The van der Waals surface area contributed by atoms with Crippen LogP contribution in [0.1, 0.15) is 41.5 Å². The zero-order valence-corrected chi connectivity index (χ0v) is 15.4. The number of hydrogen-bond donors (Lipinski definition) is 0. The Kier molecular flexibility index (Phi) is 3.46. The number of thiophene rings is 1. The van der Waals surface area contributed by atoms with E-state index in [-0.39, 0.29) is 0 Å². The molecule has 0 saturated heterocycles. The third kappa shape index (κ3) is 2.23. The van der Waals surface area contributed by atoms with Gasteiger partial charge in [-0.2, -0.15) is 0 Å². The van der Waals surface area contributed by atoms with Gasteiger partial charge in [0.15, 0.2) is 0 Å². The minimum Gasteiger partial charge on any atom is -0.242 e. The van der Waals surface area contributed by atoms with Crippen molar-refractivity contribution < 1.29 is 0 Å². The second kappa shape index (κ2) is 5.57. The standard InChI is InChI=1S/C21H20ClNS/c1-12-5-10-17-16(11-12)19(13-6-8-14(22)9-7-13)20-15-3-2-4-18(15)24-21(20)23-17/h6-9,12H,2-5,10-11H2,1H3. The number of halogens is 1. The second-order valence-corrected chi connectivity index (χ2v) is 8.82. The fourth-order valence-electron chi connectivity index (χ4n) is 4.41. The lowest BCUT2D eigenvalue weighted by Gasteiger charge is -2.24. The highest BCUT2D eigenvalue weighted by Gasteiger charge is 2.27. The molecule has 2 heterocycles. The van der Waals surface area contributed by atoms with Crippen molar-refractivity contribution in [3.05, 3.63) is 51.0 Å². The van der Waals surface area contributed by atoms with E-state index in [0.717, 1.165) is 23.8 Å². The van der Waals surface area contributed by atoms with Crippen LogP contribution in [0.15, 0.2) is 24.3 Å². The van der Waals surface area contributed by atoms with Gasteiger partial charge in [-0.05, 0) is 78.8 Å². The first-order valence-electron chi connectivity index (χ1n) is 8.92. The summed E-state index contributed by atoms with van der Waals surface area (Å²) in [4.78, 5) is 7.94. The summed E-state index contributed by atoms with van der Waals surface area (Å²) in [7, 11) is 0. The molecular formula is C21H20ClNS. The van der Waals surface area contributed by atoms with Crippen molar-refractivity contribution in [1.82, 2.24) is 4.98 Å². The molecule has 2 aromatic heterocycles. The molecule has 5 rings (SSSR count). The number of pyridine rings is 1. The number of benzene rings is 1. The lowest BCUT2D eigenvalue weighted by atomic mass is 9.82. The molecule has 2 aliphatic rings. The Balaban J connectivity index is 1.87. The molecule has 0 aliphatic heterocycles. The predicted molar refractivity (Wildman–Crippen MR) is 103 cm³/mol. The highest BCUT2D eigenvalue weighted by Crippen LogP contribution is 2.45. The number of nitrogens with zero attached hydrogens (tertiary/aromatic N) is 1. The number of aryl methyl sites for hydroxylation is 3. The normalized spacial score (nSPS) is 19.5. The number of hydrogen-bond acceptors (Lipinski definition) is 2. The Morgan fingerprint density at radius 3 is 2.75 bits per heavy atom. The van der Waals surface area contributed by atoms with E-state index in [4.69, 9.17) is 16.6 Å². The molecule has 0 amide bonds. The Labute approximate surface area is 151 Å². The summed E-state index contributed by atoms with van der Waals surface area (Å²) in [5.74, 6) is 0.745. The molecule has 0 fully saturated rings. The second-order valence-electron chi connectivity index (χ2n) is 7.30. The average Bonchev–Trinajstić information content (AvgIpc) is 3.15. The molecule has 0 N–H and O–H groups in total. The molecule has 0 spiro atoms. The van der Waals surface area contributed by atoms with Crippen LogP contribution in [-0.2, 0) is 25.7 Å². The van der Waals surface area contributed by atoms with Crippen molar-refractivity contribution >= 4 is 33.2 Å². The quantitative estimate of drug-likeness (QED) is 0.505. The Morgan fingerprint density at radius 1 is 1.08 bits per heavy atom. The van der Waals surface area contributed by atoms with E-state index >= 15 is 0 Å². The number of aromatic nitrogens is 1. The third-order valence-corrected chi connectivity index (χ3v) is 7.04. The van der Waals surface area contributed by atoms with E-state index in [1.54, 1.807) is 10.4 Å². The van der Waals surface area contributed by atoms with Gasteiger partial charge in [0.25, 0.3) is 0 Å². The van der Waals surface area contributed by atoms with Crippen molar-refractivity contribution in [1.29, 1.82) is 0 Å². The zero-order chi connectivity index (χ0) is 16.3. The first-order chi connectivity index (χ1) is 11.7. The Morgan fingerprint density at radius 2 is 1.92 bits per heavy atom. The average molecular weight is 354 g/mol. The van der Waals surface area contributed by atoms with Crippen molar-refractivity contribution in [2.75, 3.05) is 0 Å². The lowest BCUT2D eigenvalue weighted by molar-refractivity contribution is 0.496. The van der Waals surface area contributed by atoms with Crippen molar-refractivity contribution in [2.45, 2.75) is 45.4 Å². The smallest absolute Gasteiger partial charge is 0.124 e. The van der Waals surface area contributed by atoms with Gasteiger partial charge in [0.05, 0.1) is 0 Å². The zero-order valence-electron chi connectivity index (χ0n) is 13.9. The van der Waals surface area contributed by atoms with Crippen LogP contribution in [0.2, 0.25) is 5.02 Å². The van der Waals surface area contributed by atoms with Crippen LogP contribution >= 0.6 is 22.9 Å². The predicted octanol–water partition coefficient (Wildman–Crippen LogP) is 6.23. The first-order valence-corrected chi connectivity index (χ1v) is 10.1. The van der Waals surface area contributed by atoms with E-state index < -0.39 is 0 Å². The van der Waals surface area contributed by atoms with E-state index in [1.807, 2.05) is 23.5 Å². The van der Waals surface area contributed by atoms with Gasteiger partial charge in [-0.25, -0.2) is 4.98 Å². The minimum atomic E-state index is 0.745. The molecule has 24 heavy (non-hydrogen) atoms. The molecule has 122 valence electrons. The molecule has 1 atom stereocenters. The monoisotopic (exact) mass is 353 g/mol. The first kappa shape index (κ1) is 14.9. The molecule has 1 nitrogen and oxygen atoms in total. The molecule has 2 aliphatic carbocycles. The van der Waals surface area contributed by atoms with Crippen LogP contribution in [0.25, 0.3) is 21.3 Å². The fourth-order valence-corrected chi connectivity index (χ4v) is 5.82. The fraction of sp³-hybridized carbons (Fsp3) is 0.381. The SMILES string of the molecule is CC1CCc2nc3sc4c(c3c(-c3ccc(Cl)cc3)c2C1)CCC4. The van der Waals surface area contributed by atoms with Gasteiger partial charge in [0.2, 0.25) is 0 Å². The van der Waals surface area contributed by atoms with Crippen LogP contribution in [0.3, 0.4) is 0 Å². The molecule has 3 heteroatoms. The van der Waals surface area contributed by atoms with Gasteiger partial charge in [0, 0.05) is 21.0 Å². The van der Waals surface area contributed by atoms with Gasteiger partial charge < -0.3 is 0 Å². The summed E-state index contributed by atoms with van der Waals surface area (Å²) in [5, 5.41) is 2.25. The highest BCUT2D eigenvalue weighted by atomic mass is 35.5. The third-order valence-electron chi connectivity index (χ3n) is 5.60. The van der Waals surface area contributed by atoms with Crippen LogP contribution in [0.5, 0.6) is 0 Å². The summed E-state index contributed by atoms with van der Waals surface area (Å²) in [6.45, 7) is 2.37. The number of fused-ring (bicyclic) bond motifs is 4. The van der Waals surface area contributed by atoms with E-state index in [0.29, 0.717) is 0 Å².